The molecule has 1 fully saturated rings. The zero-order chi connectivity index (χ0) is 11.6. The molecular formula is C14H23NS. The van der Waals surface area contributed by atoms with Gasteiger partial charge in [0.15, 0.2) is 0 Å². The van der Waals surface area contributed by atoms with E-state index in [1.807, 2.05) is 11.3 Å². The van der Waals surface area contributed by atoms with Crippen molar-refractivity contribution >= 4 is 11.3 Å². The van der Waals surface area contributed by atoms with Gasteiger partial charge in [-0.15, -0.1) is 11.3 Å². The van der Waals surface area contributed by atoms with Crippen molar-refractivity contribution in [3.63, 3.8) is 0 Å². The molecule has 0 bridgehead atoms. The fourth-order valence-electron chi connectivity index (χ4n) is 3.18. The van der Waals surface area contributed by atoms with Crippen LogP contribution in [-0.2, 0) is 0 Å². The van der Waals surface area contributed by atoms with E-state index in [2.05, 4.69) is 37.7 Å². The number of nitrogens with one attached hydrogen (secondary N) is 1. The first-order valence-electron chi connectivity index (χ1n) is 6.38. The van der Waals surface area contributed by atoms with Crippen molar-refractivity contribution in [2.45, 2.75) is 52.0 Å². The van der Waals surface area contributed by atoms with Crippen molar-refractivity contribution in [3.8, 4) is 0 Å². The summed E-state index contributed by atoms with van der Waals surface area (Å²) in [5, 5.41) is 5.88. The van der Waals surface area contributed by atoms with Gasteiger partial charge in [-0.1, -0.05) is 26.2 Å². The fraction of sp³-hybridized carbons (Fsp3) is 0.714. The summed E-state index contributed by atoms with van der Waals surface area (Å²) in [4.78, 5) is 1.43. The van der Waals surface area contributed by atoms with Gasteiger partial charge in [-0.2, -0.15) is 0 Å². The Morgan fingerprint density at radius 1 is 1.31 bits per heavy atom. The molecule has 0 aliphatic heterocycles. The average Bonchev–Trinajstić information content (AvgIpc) is 2.66. The minimum atomic E-state index is 0.459. The first-order chi connectivity index (χ1) is 7.65. The smallest absolute Gasteiger partial charge is 0.0380 e. The summed E-state index contributed by atoms with van der Waals surface area (Å²) in [6.45, 7) is 4.66. The van der Waals surface area contributed by atoms with Crippen LogP contribution in [-0.4, -0.2) is 7.05 Å². The summed E-state index contributed by atoms with van der Waals surface area (Å²) in [5.74, 6) is 0. The predicted octanol–water partition coefficient (Wildman–Crippen LogP) is 4.29. The van der Waals surface area contributed by atoms with E-state index >= 15 is 0 Å². The van der Waals surface area contributed by atoms with Crippen molar-refractivity contribution in [3.05, 3.63) is 21.9 Å². The van der Waals surface area contributed by atoms with Gasteiger partial charge in [0.05, 0.1) is 0 Å². The maximum atomic E-state index is 3.55. The molecule has 1 heterocycles. The Kier molecular flexibility index (Phi) is 3.70. The number of aryl methyl sites for hydroxylation is 1. The van der Waals surface area contributed by atoms with E-state index in [0.717, 1.165) is 0 Å². The third-order valence-electron chi connectivity index (χ3n) is 4.07. The highest BCUT2D eigenvalue weighted by Gasteiger charge is 2.35. The lowest BCUT2D eigenvalue weighted by Gasteiger charge is -2.40. The van der Waals surface area contributed by atoms with Gasteiger partial charge >= 0.3 is 0 Å². The summed E-state index contributed by atoms with van der Waals surface area (Å²) >= 11 is 1.87. The summed E-state index contributed by atoms with van der Waals surface area (Å²) in [7, 11) is 2.11. The van der Waals surface area contributed by atoms with Gasteiger partial charge in [0.2, 0.25) is 0 Å². The molecule has 90 valence electrons. The molecule has 1 nitrogen and oxygen atoms in total. The molecule has 1 saturated carbocycles. The van der Waals surface area contributed by atoms with Crippen molar-refractivity contribution < 1.29 is 0 Å². The Bertz CT molecular complexity index is 336. The molecule has 1 aliphatic rings. The van der Waals surface area contributed by atoms with Crippen LogP contribution in [0.3, 0.4) is 0 Å². The monoisotopic (exact) mass is 237 g/mol. The molecule has 2 heteroatoms. The number of rotatable bonds is 3. The highest BCUT2D eigenvalue weighted by atomic mass is 32.1. The second kappa shape index (κ2) is 4.89. The van der Waals surface area contributed by atoms with Crippen LogP contribution in [0.1, 0.15) is 55.5 Å². The van der Waals surface area contributed by atoms with Crippen LogP contribution in [0, 0.1) is 12.3 Å². The Morgan fingerprint density at radius 2 is 2.00 bits per heavy atom. The fourth-order valence-corrected chi connectivity index (χ4v) is 3.91. The number of hydrogen-bond donors (Lipinski definition) is 1. The van der Waals surface area contributed by atoms with Crippen molar-refractivity contribution in [1.82, 2.24) is 5.32 Å². The van der Waals surface area contributed by atoms with Crippen molar-refractivity contribution in [2.75, 3.05) is 7.05 Å². The highest BCUT2D eigenvalue weighted by molar-refractivity contribution is 7.10. The van der Waals surface area contributed by atoms with Crippen LogP contribution in [0.2, 0.25) is 0 Å². The summed E-state index contributed by atoms with van der Waals surface area (Å²) in [6, 6.07) is 2.89. The Labute approximate surface area is 103 Å². The molecule has 1 atom stereocenters. The summed E-state index contributed by atoms with van der Waals surface area (Å²) in [6.07, 6.45) is 6.96. The molecule has 16 heavy (non-hydrogen) atoms. The topological polar surface area (TPSA) is 12.0 Å². The molecule has 1 aliphatic carbocycles. The third-order valence-corrected chi connectivity index (χ3v) is 4.95. The quantitative estimate of drug-likeness (QED) is 0.827. The molecule has 2 rings (SSSR count). The Hall–Kier alpha value is -0.340. The average molecular weight is 237 g/mol. The van der Waals surface area contributed by atoms with Crippen LogP contribution in [0.25, 0.3) is 0 Å². The molecule has 0 spiro atoms. The summed E-state index contributed by atoms with van der Waals surface area (Å²) in [5.41, 5.74) is 1.95. The Balaban J connectivity index is 2.20. The van der Waals surface area contributed by atoms with Crippen LogP contribution in [0.4, 0.5) is 0 Å². The van der Waals surface area contributed by atoms with Gasteiger partial charge in [0.1, 0.15) is 0 Å². The molecule has 0 radical (unpaired) electrons. The molecule has 0 saturated heterocycles. The molecule has 1 aromatic heterocycles. The van der Waals surface area contributed by atoms with Crippen LogP contribution < -0.4 is 5.32 Å². The van der Waals surface area contributed by atoms with Gasteiger partial charge in [-0.25, -0.2) is 0 Å². The van der Waals surface area contributed by atoms with E-state index in [9.17, 15) is 0 Å². The first kappa shape index (κ1) is 12.1. The Morgan fingerprint density at radius 3 is 2.50 bits per heavy atom. The maximum Gasteiger partial charge on any atom is 0.0380 e. The van der Waals surface area contributed by atoms with Gasteiger partial charge in [0, 0.05) is 10.9 Å². The lowest BCUT2D eigenvalue weighted by atomic mass is 9.69. The largest absolute Gasteiger partial charge is 0.313 e. The lowest BCUT2D eigenvalue weighted by molar-refractivity contribution is 0.150. The minimum absolute atomic E-state index is 0.459. The van der Waals surface area contributed by atoms with E-state index < -0.39 is 0 Å². The molecule has 1 unspecified atom stereocenters. The molecule has 0 amide bonds. The zero-order valence-electron chi connectivity index (χ0n) is 10.7. The SMILES string of the molecule is CNC(c1csc(C)c1)C1(C)CCCCC1. The number of thiophene rings is 1. The van der Waals surface area contributed by atoms with Gasteiger partial charge < -0.3 is 5.32 Å². The first-order valence-corrected chi connectivity index (χ1v) is 7.26. The van der Waals surface area contributed by atoms with E-state index in [1.54, 1.807) is 0 Å². The molecule has 1 aromatic rings. The van der Waals surface area contributed by atoms with Gasteiger partial charge in [0.25, 0.3) is 0 Å². The zero-order valence-corrected chi connectivity index (χ0v) is 11.5. The van der Waals surface area contributed by atoms with Crippen LogP contribution in [0.15, 0.2) is 11.4 Å². The molecular weight excluding hydrogens is 214 g/mol. The molecule has 0 aromatic carbocycles. The van der Waals surface area contributed by atoms with Crippen molar-refractivity contribution in [2.24, 2.45) is 5.41 Å². The highest BCUT2D eigenvalue weighted by Crippen LogP contribution is 2.46. The van der Waals surface area contributed by atoms with E-state index in [0.29, 0.717) is 11.5 Å². The predicted molar refractivity (Wildman–Crippen MR) is 72.0 cm³/mol. The number of hydrogen-bond acceptors (Lipinski definition) is 2. The minimum Gasteiger partial charge on any atom is -0.313 e. The summed E-state index contributed by atoms with van der Waals surface area (Å²) < 4.78 is 0. The molecule has 1 N–H and O–H groups in total. The third kappa shape index (κ3) is 2.33. The van der Waals surface area contributed by atoms with E-state index in [4.69, 9.17) is 0 Å². The normalized spacial score (nSPS) is 21.9. The van der Waals surface area contributed by atoms with Crippen LogP contribution in [0.5, 0.6) is 0 Å². The standard InChI is InChI=1S/C14H23NS/c1-11-9-12(10-16-11)13(15-3)14(2)7-5-4-6-8-14/h9-10,13,15H,4-8H2,1-3H3. The van der Waals surface area contributed by atoms with Crippen molar-refractivity contribution in [1.29, 1.82) is 0 Å². The van der Waals surface area contributed by atoms with Gasteiger partial charge in [-0.3, -0.25) is 0 Å². The van der Waals surface area contributed by atoms with Gasteiger partial charge in [-0.05, 0) is 49.2 Å². The van der Waals surface area contributed by atoms with E-state index in [1.165, 1.54) is 42.5 Å². The second-order valence-electron chi connectivity index (χ2n) is 5.43. The maximum absolute atomic E-state index is 3.55. The lowest BCUT2D eigenvalue weighted by Crippen LogP contribution is -2.35. The second-order valence-corrected chi connectivity index (χ2v) is 6.54. The van der Waals surface area contributed by atoms with E-state index in [-0.39, 0.29) is 0 Å². The van der Waals surface area contributed by atoms with Crippen LogP contribution >= 0.6 is 11.3 Å².